The van der Waals surface area contributed by atoms with E-state index >= 15 is 0 Å². The topological polar surface area (TPSA) is 20.2 Å². The van der Waals surface area contributed by atoms with E-state index < -0.39 is 5.60 Å². The van der Waals surface area contributed by atoms with Gasteiger partial charge in [-0.1, -0.05) is 58.9 Å². The van der Waals surface area contributed by atoms with Crippen molar-refractivity contribution in [2.24, 2.45) is 11.3 Å². The smallest absolute Gasteiger partial charge is 0.0718 e. The second-order valence-electron chi connectivity index (χ2n) is 7.62. The van der Waals surface area contributed by atoms with E-state index in [-0.39, 0.29) is 5.41 Å². The summed E-state index contributed by atoms with van der Waals surface area (Å²) in [6.45, 7) is 11.2. The molecule has 1 aromatic carbocycles. The first kappa shape index (κ1) is 14.6. The number of benzene rings is 1. The lowest BCUT2D eigenvalue weighted by Crippen LogP contribution is -2.34. The van der Waals surface area contributed by atoms with Gasteiger partial charge in [-0.05, 0) is 41.2 Å². The van der Waals surface area contributed by atoms with Crippen LogP contribution in [0.15, 0.2) is 24.3 Å². The molecule has 2 unspecified atom stereocenters. The fraction of sp³-hybridized carbons (Fsp3) is 0.667. The molecule has 0 heterocycles. The van der Waals surface area contributed by atoms with Crippen molar-refractivity contribution in [1.82, 2.24) is 0 Å². The van der Waals surface area contributed by atoms with Gasteiger partial charge in [-0.2, -0.15) is 0 Å². The molecule has 1 heteroatoms. The molecule has 1 saturated carbocycles. The third kappa shape index (κ3) is 3.20. The molecule has 1 nitrogen and oxygen atoms in total. The Morgan fingerprint density at radius 3 is 2.21 bits per heavy atom. The number of hydrogen-bond donors (Lipinski definition) is 1. The Kier molecular flexibility index (Phi) is 3.79. The molecule has 0 aromatic heterocycles. The molecule has 0 saturated heterocycles. The summed E-state index contributed by atoms with van der Waals surface area (Å²) in [5.41, 5.74) is 2.38. The van der Waals surface area contributed by atoms with Crippen LogP contribution < -0.4 is 0 Å². The van der Waals surface area contributed by atoms with Gasteiger partial charge in [0.2, 0.25) is 0 Å². The van der Waals surface area contributed by atoms with Crippen molar-refractivity contribution in [1.29, 1.82) is 0 Å². The summed E-state index contributed by atoms with van der Waals surface area (Å²) in [5.74, 6) is 0.953. The Balaban J connectivity index is 2.12. The second-order valence-corrected chi connectivity index (χ2v) is 7.62. The van der Waals surface area contributed by atoms with Crippen LogP contribution in [0, 0.1) is 11.3 Å². The summed E-state index contributed by atoms with van der Waals surface area (Å²) >= 11 is 0. The maximum Gasteiger partial charge on any atom is 0.0718 e. The normalized spacial score (nSPS) is 29.9. The second kappa shape index (κ2) is 4.94. The van der Waals surface area contributed by atoms with Crippen LogP contribution in [0.3, 0.4) is 0 Å². The van der Waals surface area contributed by atoms with E-state index in [1.54, 1.807) is 0 Å². The van der Waals surface area contributed by atoms with Gasteiger partial charge >= 0.3 is 0 Å². The van der Waals surface area contributed by atoms with Gasteiger partial charge in [0.15, 0.2) is 0 Å². The van der Waals surface area contributed by atoms with Crippen molar-refractivity contribution < 1.29 is 5.11 Å². The Morgan fingerprint density at radius 2 is 1.79 bits per heavy atom. The Bertz CT molecular complexity index is 430. The summed E-state index contributed by atoms with van der Waals surface area (Å²) in [6.07, 6.45) is 2.82. The highest BCUT2D eigenvalue weighted by Crippen LogP contribution is 2.48. The molecule has 0 aliphatic heterocycles. The first-order valence-corrected chi connectivity index (χ1v) is 7.53. The SMILES string of the molecule is CC(C)c1ccc(CC2(O)CC(C)(C)CC2C)cc1. The van der Waals surface area contributed by atoms with E-state index in [4.69, 9.17) is 0 Å². The quantitative estimate of drug-likeness (QED) is 0.846. The highest BCUT2D eigenvalue weighted by atomic mass is 16.3. The molecule has 2 rings (SSSR count). The first-order chi connectivity index (χ1) is 8.72. The van der Waals surface area contributed by atoms with Gasteiger partial charge in [-0.25, -0.2) is 0 Å². The van der Waals surface area contributed by atoms with Crippen molar-refractivity contribution in [2.45, 2.75) is 65.4 Å². The fourth-order valence-electron chi connectivity index (χ4n) is 3.70. The number of rotatable bonds is 3. The summed E-state index contributed by atoms with van der Waals surface area (Å²) in [5, 5.41) is 10.9. The van der Waals surface area contributed by atoms with Crippen molar-refractivity contribution in [3.63, 3.8) is 0 Å². The predicted molar refractivity (Wildman–Crippen MR) is 81.4 cm³/mol. The van der Waals surface area contributed by atoms with Crippen molar-refractivity contribution in [2.75, 3.05) is 0 Å². The van der Waals surface area contributed by atoms with E-state index in [9.17, 15) is 5.11 Å². The fourth-order valence-corrected chi connectivity index (χ4v) is 3.70. The van der Waals surface area contributed by atoms with Crippen LogP contribution in [0.25, 0.3) is 0 Å². The van der Waals surface area contributed by atoms with Crippen LogP contribution in [0.1, 0.15) is 64.5 Å². The van der Waals surface area contributed by atoms with Crippen LogP contribution in [-0.4, -0.2) is 10.7 Å². The molecule has 2 atom stereocenters. The maximum absolute atomic E-state index is 10.9. The molecule has 1 aliphatic rings. The monoisotopic (exact) mass is 260 g/mol. The largest absolute Gasteiger partial charge is 0.389 e. The molecule has 106 valence electrons. The lowest BCUT2D eigenvalue weighted by atomic mass is 9.84. The van der Waals surface area contributed by atoms with E-state index in [2.05, 4.69) is 58.9 Å². The predicted octanol–water partition coefficient (Wildman–Crippen LogP) is 4.54. The summed E-state index contributed by atoms with van der Waals surface area (Å²) < 4.78 is 0. The zero-order valence-corrected chi connectivity index (χ0v) is 13.0. The molecular weight excluding hydrogens is 232 g/mol. The molecule has 0 amide bonds. The number of hydrogen-bond acceptors (Lipinski definition) is 1. The summed E-state index contributed by atoms with van der Waals surface area (Å²) in [7, 11) is 0. The standard InChI is InChI=1S/C18H28O/c1-13(2)16-8-6-15(7-9-16)11-18(19)12-17(4,5)10-14(18)3/h6-9,13-14,19H,10-12H2,1-5H3. The molecular formula is C18H28O. The lowest BCUT2D eigenvalue weighted by molar-refractivity contribution is 0.00445. The lowest BCUT2D eigenvalue weighted by Gasteiger charge is -2.28. The van der Waals surface area contributed by atoms with Crippen LogP contribution in [0.2, 0.25) is 0 Å². The van der Waals surface area contributed by atoms with Gasteiger partial charge in [-0.15, -0.1) is 0 Å². The van der Waals surface area contributed by atoms with Gasteiger partial charge in [0.1, 0.15) is 0 Å². The minimum absolute atomic E-state index is 0.270. The molecule has 1 aliphatic carbocycles. The molecule has 1 N–H and O–H groups in total. The van der Waals surface area contributed by atoms with Crippen molar-refractivity contribution >= 4 is 0 Å². The minimum atomic E-state index is -0.525. The third-order valence-corrected chi connectivity index (χ3v) is 4.72. The minimum Gasteiger partial charge on any atom is -0.389 e. The van der Waals surface area contributed by atoms with Gasteiger partial charge in [0, 0.05) is 6.42 Å². The van der Waals surface area contributed by atoms with E-state index in [0.29, 0.717) is 11.8 Å². The molecule has 0 spiro atoms. The van der Waals surface area contributed by atoms with Crippen LogP contribution >= 0.6 is 0 Å². The maximum atomic E-state index is 10.9. The highest BCUT2D eigenvalue weighted by molar-refractivity contribution is 5.26. The summed E-state index contributed by atoms with van der Waals surface area (Å²) in [6, 6.07) is 8.78. The van der Waals surface area contributed by atoms with Crippen LogP contribution in [0.5, 0.6) is 0 Å². The molecule has 1 aromatic rings. The molecule has 0 radical (unpaired) electrons. The average molecular weight is 260 g/mol. The molecule has 0 bridgehead atoms. The summed E-state index contributed by atoms with van der Waals surface area (Å²) in [4.78, 5) is 0. The third-order valence-electron chi connectivity index (χ3n) is 4.72. The van der Waals surface area contributed by atoms with Crippen molar-refractivity contribution in [3.05, 3.63) is 35.4 Å². The van der Waals surface area contributed by atoms with Gasteiger partial charge in [0.05, 0.1) is 5.60 Å². The number of aliphatic hydroxyl groups is 1. The average Bonchev–Trinajstić information content (AvgIpc) is 2.47. The molecule has 1 fully saturated rings. The molecule has 19 heavy (non-hydrogen) atoms. The van der Waals surface area contributed by atoms with Gasteiger partial charge in [-0.3, -0.25) is 0 Å². The Morgan fingerprint density at radius 1 is 1.21 bits per heavy atom. The zero-order valence-electron chi connectivity index (χ0n) is 13.0. The van der Waals surface area contributed by atoms with Gasteiger partial charge in [0.25, 0.3) is 0 Å². The van der Waals surface area contributed by atoms with E-state index in [0.717, 1.165) is 19.3 Å². The van der Waals surface area contributed by atoms with E-state index in [1.807, 2.05) is 0 Å². The Labute approximate surface area is 118 Å². The van der Waals surface area contributed by atoms with E-state index in [1.165, 1.54) is 11.1 Å². The van der Waals surface area contributed by atoms with Crippen molar-refractivity contribution in [3.8, 4) is 0 Å². The van der Waals surface area contributed by atoms with Crippen LogP contribution in [0.4, 0.5) is 0 Å². The zero-order chi connectivity index (χ0) is 14.3. The van der Waals surface area contributed by atoms with Crippen LogP contribution in [-0.2, 0) is 6.42 Å². The highest BCUT2D eigenvalue weighted by Gasteiger charge is 2.47. The Hall–Kier alpha value is -0.820. The first-order valence-electron chi connectivity index (χ1n) is 7.53. The van der Waals surface area contributed by atoms with Gasteiger partial charge < -0.3 is 5.11 Å².